The van der Waals surface area contributed by atoms with Crippen LogP contribution in [0.15, 0.2) is 24.3 Å². The Hall–Kier alpha value is -1.55. The van der Waals surface area contributed by atoms with E-state index in [1.54, 1.807) is 19.0 Å². The predicted octanol–water partition coefficient (Wildman–Crippen LogP) is 1.59. The van der Waals surface area contributed by atoms with Crippen LogP contribution in [0.1, 0.15) is 25.3 Å². The van der Waals surface area contributed by atoms with E-state index in [9.17, 15) is 4.79 Å². The number of nitrogens with zero attached hydrogens (tertiary/aromatic N) is 2. The molecule has 1 saturated carbocycles. The van der Waals surface area contributed by atoms with E-state index in [2.05, 4.69) is 17.0 Å². The minimum atomic E-state index is -0.119. The Morgan fingerprint density at radius 3 is 2.32 bits per heavy atom. The summed E-state index contributed by atoms with van der Waals surface area (Å²) < 4.78 is 0. The van der Waals surface area contributed by atoms with Gasteiger partial charge >= 0.3 is 0 Å². The highest BCUT2D eigenvalue weighted by Gasteiger charge is 2.35. The summed E-state index contributed by atoms with van der Waals surface area (Å²) in [6.07, 6.45) is 2.34. The number of hydrogen-bond donors (Lipinski definition) is 1. The molecule has 0 heterocycles. The first-order chi connectivity index (χ1) is 9.04. The zero-order valence-electron chi connectivity index (χ0n) is 12.0. The van der Waals surface area contributed by atoms with Crippen molar-refractivity contribution in [1.29, 1.82) is 0 Å². The molecule has 1 atom stereocenters. The van der Waals surface area contributed by atoms with Gasteiger partial charge in [-0.2, -0.15) is 0 Å². The van der Waals surface area contributed by atoms with Gasteiger partial charge in [0.1, 0.15) is 6.04 Å². The van der Waals surface area contributed by atoms with Gasteiger partial charge < -0.3 is 15.5 Å². The standard InChI is InChI=1S/C15H23N3O/c1-11(15(19)17(2)3)18(14-8-9-14)13-6-4-12(10-16)5-7-13/h4-7,11,14H,8-10,16H2,1-3H3. The third kappa shape index (κ3) is 3.07. The van der Waals surface area contributed by atoms with Gasteiger partial charge in [-0.15, -0.1) is 0 Å². The SMILES string of the molecule is CC(C(=O)N(C)C)N(c1ccc(CN)cc1)C1CC1. The number of anilines is 1. The molecule has 19 heavy (non-hydrogen) atoms. The van der Waals surface area contributed by atoms with E-state index >= 15 is 0 Å². The number of amides is 1. The highest BCUT2D eigenvalue weighted by atomic mass is 16.2. The lowest BCUT2D eigenvalue weighted by Crippen LogP contribution is -2.46. The Labute approximate surface area is 115 Å². The molecular weight excluding hydrogens is 238 g/mol. The van der Waals surface area contributed by atoms with Crippen LogP contribution in [-0.2, 0) is 11.3 Å². The average Bonchev–Trinajstić information content (AvgIpc) is 3.23. The summed E-state index contributed by atoms with van der Waals surface area (Å²) in [6, 6.07) is 8.60. The van der Waals surface area contributed by atoms with Crippen molar-refractivity contribution in [3.8, 4) is 0 Å². The van der Waals surface area contributed by atoms with Crippen LogP contribution in [0, 0.1) is 0 Å². The molecule has 1 unspecified atom stereocenters. The van der Waals surface area contributed by atoms with Gasteiger partial charge in [-0.3, -0.25) is 4.79 Å². The molecule has 1 amide bonds. The summed E-state index contributed by atoms with van der Waals surface area (Å²) in [4.78, 5) is 16.1. The molecule has 104 valence electrons. The number of rotatable bonds is 5. The summed E-state index contributed by atoms with van der Waals surface area (Å²) in [6.45, 7) is 2.54. The first-order valence-electron chi connectivity index (χ1n) is 6.83. The van der Waals surface area contributed by atoms with Gasteiger partial charge in [0.25, 0.3) is 0 Å². The molecule has 4 heteroatoms. The summed E-state index contributed by atoms with van der Waals surface area (Å²) in [5.41, 5.74) is 7.85. The number of likely N-dealkylation sites (N-methyl/N-ethyl adjacent to an activating group) is 1. The quantitative estimate of drug-likeness (QED) is 0.875. The van der Waals surface area contributed by atoms with Crippen LogP contribution in [0.5, 0.6) is 0 Å². The van der Waals surface area contributed by atoms with Crippen molar-refractivity contribution < 1.29 is 4.79 Å². The fraction of sp³-hybridized carbons (Fsp3) is 0.533. The van der Waals surface area contributed by atoms with Crippen LogP contribution in [0.2, 0.25) is 0 Å². The van der Waals surface area contributed by atoms with E-state index < -0.39 is 0 Å². The number of carbonyl (C=O) groups excluding carboxylic acids is 1. The van der Waals surface area contributed by atoms with Crippen LogP contribution >= 0.6 is 0 Å². The monoisotopic (exact) mass is 261 g/mol. The number of benzene rings is 1. The molecule has 1 aliphatic carbocycles. The molecule has 0 spiro atoms. The molecule has 2 N–H and O–H groups in total. The second kappa shape index (κ2) is 5.61. The van der Waals surface area contributed by atoms with E-state index in [1.807, 2.05) is 19.1 Å². The van der Waals surface area contributed by atoms with E-state index in [1.165, 1.54) is 12.8 Å². The number of carbonyl (C=O) groups is 1. The van der Waals surface area contributed by atoms with Crippen LogP contribution in [0.25, 0.3) is 0 Å². The Morgan fingerprint density at radius 1 is 1.32 bits per heavy atom. The topological polar surface area (TPSA) is 49.6 Å². The molecule has 0 aliphatic heterocycles. The fourth-order valence-electron chi connectivity index (χ4n) is 2.40. The predicted molar refractivity (Wildman–Crippen MR) is 78.0 cm³/mol. The van der Waals surface area contributed by atoms with Crippen LogP contribution in [0.4, 0.5) is 5.69 Å². The Bertz CT molecular complexity index is 437. The normalized spacial score (nSPS) is 16.0. The highest BCUT2D eigenvalue weighted by molar-refractivity contribution is 5.84. The summed E-state index contributed by atoms with van der Waals surface area (Å²) in [7, 11) is 3.61. The van der Waals surface area contributed by atoms with E-state index in [4.69, 9.17) is 5.73 Å². The summed E-state index contributed by atoms with van der Waals surface area (Å²) in [5, 5.41) is 0. The van der Waals surface area contributed by atoms with Crippen molar-refractivity contribution >= 4 is 11.6 Å². The van der Waals surface area contributed by atoms with Gasteiger partial charge in [-0.25, -0.2) is 0 Å². The molecule has 0 bridgehead atoms. The van der Waals surface area contributed by atoms with Crippen molar-refractivity contribution in [3.05, 3.63) is 29.8 Å². The second-order valence-corrected chi connectivity index (χ2v) is 5.42. The zero-order chi connectivity index (χ0) is 14.0. The largest absolute Gasteiger partial charge is 0.357 e. The first kappa shape index (κ1) is 13.9. The van der Waals surface area contributed by atoms with E-state index in [0.717, 1.165) is 11.3 Å². The van der Waals surface area contributed by atoms with Gasteiger partial charge in [-0.1, -0.05) is 12.1 Å². The molecular formula is C15H23N3O. The average molecular weight is 261 g/mol. The molecule has 0 saturated heterocycles. The summed E-state index contributed by atoms with van der Waals surface area (Å²) >= 11 is 0. The third-order valence-corrected chi connectivity index (χ3v) is 3.63. The van der Waals surface area contributed by atoms with Gasteiger partial charge in [0.2, 0.25) is 5.91 Å². The maximum Gasteiger partial charge on any atom is 0.244 e. The number of hydrogen-bond acceptors (Lipinski definition) is 3. The lowest BCUT2D eigenvalue weighted by atomic mass is 10.1. The maximum atomic E-state index is 12.2. The van der Waals surface area contributed by atoms with Crippen molar-refractivity contribution in [2.75, 3.05) is 19.0 Å². The molecule has 0 aromatic heterocycles. The van der Waals surface area contributed by atoms with Gasteiger partial charge in [-0.05, 0) is 37.5 Å². The zero-order valence-corrected chi connectivity index (χ0v) is 12.0. The van der Waals surface area contributed by atoms with E-state index in [-0.39, 0.29) is 11.9 Å². The highest BCUT2D eigenvalue weighted by Crippen LogP contribution is 2.33. The van der Waals surface area contributed by atoms with Crippen LogP contribution in [-0.4, -0.2) is 37.0 Å². The van der Waals surface area contributed by atoms with Gasteiger partial charge in [0.15, 0.2) is 0 Å². The Kier molecular flexibility index (Phi) is 4.10. The second-order valence-electron chi connectivity index (χ2n) is 5.42. The van der Waals surface area contributed by atoms with Gasteiger partial charge in [0.05, 0.1) is 0 Å². The maximum absolute atomic E-state index is 12.2. The summed E-state index contributed by atoms with van der Waals surface area (Å²) in [5.74, 6) is 0.148. The third-order valence-electron chi connectivity index (χ3n) is 3.63. The van der Waals surface area contributed by atoms with Crippen LogP contribution < -0.4 is 10.6 Å². The molecule has 1 aromatic carbocycles. The first-order valence-corrected chi connectivity index (χ1v) is 6.83. The lowest BCUT2D eigenvalue weighted by Gasteiger charge is -2.32. The Balaban J connectivity index is 2.21. The molecule has 1 fully saturated rings. The minimum Gasteiger partial charge on any atom is -0.357 e. The lowest BCUT2D eigenvalue weighted by molar-refractivity contribution is -0.129. The molecule has 1 aromatic rings. The molecule has 1 aliphatic rings. The Morgan fingerprint density at radius 2 is 1.89 bits per heavy atom. The van der Waals surface area contributed by atoms with Crippen molar-refractivity contribution in [2.24, 2.45) is 5.73 Å². The minimum absolute atomic E-state index is 0.119. The fourth-order valence-corrected chi connectivity index (χ4v) is 2.40. The van der Waals surface area contributed by atoms with Crippen molar-refractivity contribution in [2.45, 2.75) is 38.4 Å². The van der Waals surface area contributed by atoms with Crippen molar-refractivity contribution in [3.63, 3.8) is 0 Å². The smallest absolute Gasteiger partial charge is 0.244 e. The van der Waals surface area contributed by atoms with Gasteiger partial charge in [0, 0.05) is 32.4 Å². The molecule has 4 nitrogen and oxygen atoms in total. The molecule has 2 rings (SSSR count). The van der Waals surface area contributed by atoms with Crippen molar-refractivity contribution in [1.82, 2.24) is 4.90 Å². The molecule has 0 radical (unpaired) electrons. The van der Waals surface area contributed by atoms with Crippen LogP contribution in [0.3, 0.4) is 0 Å². The number of nitrogens with two attached hydrogens (primary N) is 1. The van der Waals surface area contributed by atoms with E-state index in [0.29, 0.717) is 12.6 Å².